The van der Waals surface area contributed by atoms with Gasteiger partial charge in [-0.2, -0.15) is 0 Å². The van der Waals surface area contributed by atoms with Crippen molar-refractivity contribution in [2.75, 3.05) is 13.1 Å². The fourth-order valence-corrected chi connectivity index (χ4v) is 4.33. The molecule has 0 bridgehead atoms. The Bertz CT molecular complexity index is 1110. The van der Waals surface area contributed by atoms with E-state index in [1.807, 2.05) is 0 Å². The van der Waals surface area contributed by atoms with Gasteiger partial charge in [-0.25, -0.2) is 0 Å². The van der Waals surface area contributed by atoms with Crippen molar-refractivity contribution in [3.63, 3.8) is 0 Å². The van der Waals surface area contributed by atoms with Crippen LogP contribution >= 0.6 is 11.6 Å². The summed E-state index contributed by atoms with van der Waals surface area (Å²) in [4.78, 5) is 43.2. The lowest BCUT2D eigenvalue weighted by atomic mass is 9.88. The van der Waals surface area contributed by atoms with E-state index in [1.54, 1.807) is 58.6 Å². The fraction of sp³-hybridized carbons (Fsp3) is 0.190. The van der Waals surface area contributed by atoms with Crippen LogP contribution in [0.4, 0.5) is 0 Å². The predicted octanol–water partition coefficient (Wildman–Crippen LogP) is 2.53. The second-order valence-corrected chi connectivity index (χ2v) is 7.44. The lowest BCUT2D eigenvalue weighted by Gasteiger charge is -2.46. The van der Waals surface area contributed by atoms with Crippen molar-refractivity contribution in [3.8, 4) is 0 Å². The van der Waals surface area contributed by atoms with Crippen LogP contribution in [0.15, 0.2) is 61.2 Å². The maximum absolute atomic E-state index is 13.4. The molecule has 0 N–H and O–H groups in total. The summed E-state index contributed by atoms with van der Waals surface area (Å²) in [6, 6.07) is 10.5. The Labute approximate surface area is 172 Å². The molecular weight excluding hydrogens is 390 g/mol. The minimum absolute atomic E-state index is 0.155. The molecule has 5 heterocycles. The highest BCUT2D eigenvalue weighted by Crippen LogP contribution is 2.44. The van der Waals surface area contributed by atoms with Gasteiger partial charge in [0.15, 0.2) is 5.66 Å². The first-order valence-electron chi connectivity index (χ1n) is 9.21. The number of hydrogen-bond acceptors (Lipinski definition) is 5. The number of nitrogens with zero attached hydrogens (tertiary/aromatic N) is 5. The second-order valence-electron chi connectivity index (χ2n) is 7.01. The van der Waals surface area contributed by atoms with Crippen molar-refractivity contribution in [3.05, 3.63) is 88.7 Å². The van der Waals surface area contributed by atoms with E-state index in [0.29, 0.717) is 47.0 Å². The molecule has 1 fully saturated rings. The average Bonchev–Trinajstić information content (AvgIpc) is 3.15. The van der Waals surface area contributed by atoms with Crippen LogP contribution in [-0.4, -0.2) is 49.7 Å². The van der Waals surface area contributed by atoms with E-state index in [1.165, 1.54) is 12.4 Å². The Kier molecular flexibility index (Phi) is 4.06. The highest BCUT2D eigenvalue weighted by atomic mass is 35.5. The number of rotatable bonds is 2. The van der Waals surface area contributed by atoms with Gasteiger partial charge in [0.05, 0.1) is 27.5 Å². The number of fused-ring (bicyclic) bond motifs is 2. The minimum Gasteiger partial charge on any atom is -0.308 e. The Morgan fingerprint density at radius 3 is 2.66 bits per heavy atom. The van der Waals surface area contributed by atoms with Gasteiger partial charge in [0.1, 0.15) is 0 Å². The molecule has 0 spiro atoms. The van der Waals surface area contributed by atoms with Crippen molar-refractivity contribution in [1.29, 1.82) is 0 Å². The van der Waals surface area contributed by atoms with Gasteiger partial charge in [-0.3, -0.25) is 24.5 Å². The van der Waals surface area contributed by atoms with Gasteiger partial charge in [-0.15, -0.1) is 0 Å². The fourth-order valence-electron chi connectivity index (χ4n) is 4.22. The molecule has 0 aromatic carbocycles. The molecule has 0 radical (unpaired) electrons. The second kappa shape index (κ2) is 6.63. The van der Waals surface area contributed by atoms with Gasteiger partial charge in [-0.05, 0) is 36.4 Å². The third kappa shape index (κ3) is 2.61. The number of amides is 2. The lowest BCUT2D eigenvalue weighted by Crippen LogP contribution is -2.59. The first-order valence-corrected chi connectivity index (χ1v) is 9.59. The van der Waals surface area contributed by atoms with Crippen LogP contribution in [0, 0.1) is 0 Å². The maximum Gasteiger partial charge on any atom is 0.257 e. The van der Waals surface area contributed by atoms with Gasteiger partial charge >= 0.3 is 0 Å². The standard InChI is InChI=1S/C21H16ClN5O2/c22-15-5-6-18(25-13-15)21-11-17-16(4-2-8-24-17)20(29)27(21)10-9-26(21)19(28)14-3-1-7-23-12-14/h1-8,12-13H,9-11H2/t21-/m1/s1. The van der Waals surface area contributed by atoms with Crippen molar-refractivity contribution < 1.29 is 9.59 Å². The van der Waals surface area contributed by atoms with Gasteiger partial charge < -0.3 is 9.80 Å². The summed E-state index contributed by atoms with van der Waals surface area (Å²) in [7, 11) is 0. The van der Waals surface area contributed by atoms with Crippen LogP contribution in [0.25, 0.3) is 0 Å². The zero-order chi connectivity index (χ0) is 20.0. The molecule has 0 aliphatic carbocycles. The number of carbonyl (C=O) groups is 2. The van der Waals surface area contributed by atoms with E-state index < -0.39 is 5.66 Å². The molecular formula is C21H16ClN5O2. The number of hydrogen-bond donors (Lipinski definition) is 0. The van der Waals surface area contributed by atoms with Crippen LogP contribution in [0.1, 0.15) is 32.1 Å². The Morgan fingerprint density at radius 1 is 1.03 bits per heavy atom. The smallest absolute Gasteiger partial charge is 0.257 e. The maximum atomic E-state index is 13.4. The molecule has 0 unspecified atom stereocenters. The van der Waals surface area contributed by atoms with Crippen molar-refractivity contribution in [2.24, 2.45) is 0 Å². The largest absolute Gasteiger partial charge is 0.308 e. The van der Waals surface area contributed by atoms with Gasteiger partial charge in [0.2, 0.25) is 0 Å². The molecule has 1 saturated heterocycles. The van der Waals surface area contributed by atoms with E-state index in [0.717, 1.165) is 0 Å². The highest BCUT2D eigenvalue weighted by molar-refractivity contribution is 6.30. The lowest BCUT2D eigenvalue weighted by molar-refractivity contribution is 0.00488. The number of pyridine rings is 3. The van der Waals surface area contributed by atoms with E-state index >= 15 is 0 Å². The molecule has 3 aromatic heterocycles. The van der Waals surface area contributed by atoms with Crippen molar-refractivity contribution in [1.82, 2.24) is 24.8 Å². The summed E-state index contributed by atoms with van der Waals surface area (Å²) in [6.07, 6.45) is 6.70. The predicted molar refractivity (Wildman–Crippen MR) is 105 cm³/mol. The molecule has 2 amide bonds. The van der Waals surface area contributed by atoms with Crippen molar-refractivity contribution >= 4 is 23.4 Å². The summed E-state index contributed by atoms with van der Waals surface area (Å²) in [5, 5.41) is 0.487. The zero-order valence-corrected chi connectivity index (χ0v) is 16.1. The third-order valence-electron chi connectivity index (χ3n) is 5.51. The number of aromatic nitrogens is 3. The third-order valence-corrected chi connectivity index (χ3v) is 5.73. The summed E-state index contributed by atoms with van der Waals surface area (Å²) >= 11 is 6.05. The highest BCUT2D eigenvalue weighted by Gasteiger charge is 2.57. The SMILES string of the molecule is O=C(c1cccnc1)N1CCN2C(=O)c3cccnc3C[C@@]12c1ccc(Cl)cn1. The first-order chi connectivity index (χ1) is 14.1. The van der Waals surface area contributed by atoms with E-state index in [-0.39, 0.29) is 11.8 Å². The van der Waals surface area contributed by atoms with Crippen molar-refractivity contribution in [2.45, 2.75) is 12.1 Å². The van der Waals surface area contributed by atoms with Gasteiger partial charge in [-0.1, -0.05) is 11.6 Å². The molecule has 2 aliphatic rings. The molecule has 8 heteroatoms. The summed E-state index contributed by atoms with van der Waals surface area (Å²) in [6.45, 7) is 0.793. The molecule has 3 aromatic rings. The Morgan fingerprint density at radius 2 is 1.90 bits per heavy atom. The first kappa shape index (κ1) is 17.8. The molecule has 29 heavy (non-hydrogen) atoms. The number of halogens is 1. The average molecular weight is 406 g/mol. The monoisotopic (exact) mass is 405 g/mol. The molecule has 7 nitrogen and oxygen atoms in total. The molecule has 5 rings (SSSR count). The minimum atomic E-state index is -1.06. The van der Waals surface area contributed by atoms with Gasteiger partial charge in [0.25, 0.3) is 11.8 Å². The zero-order valence-electron chi connectivity index (χ0n) is 15.3. The topological polar surface area (TPSA) is 79.3 Å². The van der Waals surface area contributed by atoms with E-state index in [2.05, 4.69) is 15.0 Å². The summed E-state index contributed by atoms with van der Waals surface area (Å²) in [5.74, 6) is -0.359. The molecule has 1 atom stereocenters. The number of carbonyl (C=O) groups excluding carboxylic acids is 2. The Hall–Kier alpha value is -3.32. The normalized spacial score (nSPS) is 20.4. The summed E-state index contributed by atoms with van der Waals surface area (Å²) < 4.78 is 0. The van der Waals surface area contributed by atoms with E-state index in [9.17, 15) is 9.59 Å². The van der Waals surface area contributed by atoms with E-state index in [4.69, 9.17) is 11.6 Å². The quantitative estimate of drug-likeness (QED) is 0.654. The van der Waals surface area contributed by atoms with Crippen LogP contribution < -0.4 is 0 Å². The van der Waals surface area contributed by atoms with Crippen LogP contribution in [0.3, 0.4) is 0 Å². The molecule has 144 valence electrons. The summed E-state index contributed by atoms with van der Waals surface area (Å²) in [5.41, 5.74) is 1.20. The van der Waals surface area contributed by atoms with Crippen LogP contribution in [0.2, 0.25) is 5.02 Å². The Balaban J connectivity index is 1.70. The van der Waals surface area contributed by atoms with Crippen LogP contribution in [-0.2, 0) is 12.1 Å². The molecule has 2 aliphatic heterocycles. The van der Waals surface area contributed by atoms with Crippen LogP contribution in [0.5, 0.6) is 0 Å². The van der Waals surface area contributed by atoms with Gasteiger partial charge in [0, 0.05) is 44.3 Å². The molecule has 0 saturated carbocycles.